The van der Waals surface area contributed by atoms with Gasteiger partial charge in [0, 0.05) is 24.1 Å². The van der Waals surface area contributed by atoms with E-state index in [0.717, 1.165) is 43.2 Å². The van der Waals surface area contributed by atoms with Crippen LogP contribution in [0.1, 0.15) is 57.6 Å². The van der Waals surface area contributed by atoms with Crippen molar-refractivity contribution in [1.29, 1.82) is 0 Å². The molecule has 1 fully saturated rings. The van der Waals surface area contributed by atoms with E-state index in [4.69, 9.17) is 9.47 Å². The molecule has 3 rings (SSSR count). The Morgan fingerprint density at radius 2 is 2.14 bits per heavy atom. The Hall–Kier alpha value is -1.22. The molecule has 2 aliphatic rings. The first-order valence-corrected chi connectivity index (χ1v) is 8.32. The van der Waals surface area contributed by atoms with Crippen molar-refractivity contribution in [3.05, 3.63) is 23.8 Å². The summed E-state index contributed by atoms with van der Waals surface area (Å²) in [6, 6.07) is 6.66. The van der Waals surface area contributed by atoms with E-state index in [-0.39, 0.29) is 5.60 Å². The highest BCUT2D eigenvalue weighted by Gasteiger charge is 2.50. The van der Waals surface area contributed by atoms with Crippen LogP contribution < -0.4 is 14.8 Å². The van der Waals surface area contributed by atoms with Gasteiger partial charge in [0.2, 0.25) is 0 Å². The Labute approximate surface area is 128 Å². The molecule has 2 unspecified atom stereocenters. The van der Waals surface area contributed by atoms with Crippen LogP contribution in [-0.4, -0.2) is 19.3 Å². The van der Waals surface area contributed by atoms with Crippen LogP contribution in [0.5, 0.6) is 11.5 Å². The smallest absolute Gasteiger partial charge is 0.128 e. The highest BCUT2D eigenvalue weighted by molar-refractivity contribution is 5.45. The average molecular weight is 289 g/mol. The summed E-state index contributed by atoms with van der Waals surface area (Å²) < 4.78 is 11.9. The van der Waals surface area contributed by atoms with E-state index in [1.165, 1.54) is 18.4 Å². The standard InChI is InChI=1S/C18H27NO2/c1-4-10-19-16-12-18(5-2,13-6-7-13)21-17-11-14(20-3)8-9-15(16)17/h8-9,11,13,16,19H,4-7,10,12H2,1-3H3. The summed E-state index contributed by atoms with van der Waals surface area (Å²) >= 11 is 0. The van der Waals surface area contributed by atoms with Gasteiger partial charge in [0.25, 0.3) is 0 Å². The van der Waals surface area contributed by atoms with E-state index in [2.05, 4.69) is 31.3 Å². The fraction of sp³-hybridized carbons (Fsp3) is 0.667. The minimum atomic E-state index is 0.0186. The van der Waals surface area contributed by atoms with Gasteiger partial charge in [-0.05, 0) is 44.2 Å². The average Bonchev–Trinajstić information content (AvgIpc) is 3.36. The van der Waals surface area contributed by atoms with Crippen LogP contribution in [0.25, 0.3) is 0 Å². The number of nitrogens with one attached hydrogen (secondary N) is 1. The van der Waals surface area contributed by atoms with Gasteiger partial charge in [-0.1, -0.05) is 19.9 Å². The zero-order valence-electron chi connectivity index (χ0n) is 13.4. The van der Waals surface area contributed by atoms with Crippen molar-refractivity contribution in [2.45, 2.75) is 57.6 Å². The van der Waals surface area contributed by atoms with Crippen molar-refractivity contribution in [2.75, 3.05) is 13.7 Å². The molecule has 116 valence electrons. The number of hydrogen-bond acceptors (Lipinski definition) is 3. The number of fused-ring (bicyclic) bond motifs is 1. The molecule has 0 spiro atoms. The summed E-state index contributed by atoms with van der Waals surface area (Å²) in [6.07, 6.45) is 5.96. The summed E-state index contributed by atoms with van der Waals surface area (Å²) in [5.41, 5.74) is 1.30. The van der Waals surface area contributed by atoms with E-state index in [9.17, 15) is 0 Å². The van der Waals surface area contributed by atoms with Crippen LogP contribution in [0.3, 0.4) is 0 Å². The van der Waals surface area contributed by atoms with Crippen molar-refractivity contribution >= 4 is 0 Å². The Balaban J connectivity index is 1.94. The summed E-state index contributed by atoms with van der Waals surface area (Å²) in [6.45, 7) is 5.54. The second kappa shape index (κ2) is 5.88. The number of methoxy groups -OCH3 is 1. The van der Waals surface area contributed by atoms with E-state index in [0.29, 0.717) is 6.04 Å². The van der Waals surface area contributed by atoms with Crippen molar-refractivity contribution in [1.82, 2.24) is 5.32 Å². The van der Waals surface area contributed by atoms with Gasteiger partial charge in [-0.15, -0.1) is 0 Å². The summed E-state index contributed by atoms with van der Waals surface area (Å²) in [7, 11) is 1.71. The lowest BCUT2D eigenvalue weighted by atomic mass is 9.81. The van der Waals surface area contributed by atoms with Gasteiger partial charge in [0.1, 0.15) is 17.1 Å². The fourth-order valence-corrected chi connectivity index (χ4v) is 3.60. The lowest BCUT2D eigenvalue weighted by molar-refractivity contribution is 0.00554. The van der Waals surface area contributed by atoms with E-state index in [1.807, 2.05) is 6.07 Å². The third-order valence-corrected chi connectivity index (χ3v) is 5.02. The van der Waals surface area contributed by atoms with Gasteiger partial charge in [-0.2, -0.15) is 0 Å². The van der Waals surface area contributed by atoms with E-state index >= 15 is 0 Å². The Kier molecular flexibility index (Phi) is 4.12. The zero-order valence-corrected chi connectivity index (χ0v) is 13.4. The summed E-state index contributed by atoms with van der Waals surface area (Å²) in [4.78, 5) is 0. The Morgan fingerprint density at radius 3 is 2.76 bits per heavy atom. The van der Waals surface area contributed by atoms with Crippen LogP contribution in [-0.2, 0) is 0 Å². The van der Waals surface area contributed by atoms with E-state index < -0.39 is 0 Å². The van der Waals surface area contributed by atoms with E-state index in [1.54, 1.807) is 7.11 Å². The number of hydrogen-bond donors (Lipinski definition) is 1. The van der Waals surface area contributed by atoms with Crippen molar-refractivity contribution in [3.63, 3.8) is 0 Å². The second-order valence-corrected chi connectivity index (χ2v) is 6.41. The molecule has 0 saturated heterocycles. The summed E-state index contributed by atoms with van der Waals surface area (Å²) in [5.74, 6) is 2.63. The molecule has 1 aromatic rings. The van der Waals surface area contributed by atoms with Gasteiger partial charge in [-0.3, -0.25) is 0 Å². The normalized spacial score (nSPS) is 27.9. The molecule has 1 aliphatic heterocycles. The number of benzene rings is 1. The minimum Gasteiger partial charge on any atom is -0.497 e. The molecule has 1 saturated carbocycles. The maximum Gasteiger partial charge on any atom is 0.128 e. The molecule has 0 bridgehead atoms. The molecule has 1 aliphatic carbocycles. The molecule has 0 radical (unpaired) electrons. The Bertz CT molecular complexity index is 498. The maximum atomic E-state index is 6.53. The van der Waals surface area contributed by atoms with Crippen LogP contribution in [0, 0.1) is 5.92 Å². The molecule has 1 heterocycles. The highest BCUT2D eigenvalue weighted by Crippen LogP contribution is 2.52. The van der Waals surface area contributed by atoms with Gasteiger partial charge < -0.3 is 14.8 Å². The summed E-state index contributed by atoms with van der Waals surface area (Å²) in [5, 5.41) is 3.72. The molecule has 2 atom stereocenters. The number of rotatable bonds is 6. The maximum absolute atomic E-state index is 6.53. The van der Waals surface area contributed by atoms with Crippen LogP contribution in [0.2, 0.25) is 0 Å². The van der Waals surface area contributed by atoms with Crippen LogP contribution in [0.15, 0.2) is 18.2 Å². The first-order valence-electron chi connectivity index (χ1n) is 8.32. The van der Waals surface area contributed by atoms with Crippen molar-refractivity contribution in [3.8, 4) is 11.5 Å². The molecule has 0 aromatic heterocycles. The van der Waals surface area contributed by atoms with Crippen LogP contribution >= 0.6 is 0 Å². The van der Waals surface area contributed by atoms with Crippen molar-refractivity contribution < 1.29 is 9.47 Å². The molecule has 1 N–H and O–H groups in total. The highest BCUT2D eigenvalue weighted by atomic mass is 16.5. The number of ether oxygens (including phenoxy) is 2. The lowest BCUT2D eigenvalue weighted by Gasteiger charge is -2.43. The topological polar surface area (TPSA) is 30.5 Å². The van der Waals surface area contributed by atoms with Gasteiger partial charge in [0.05, 0.1) is 7.11 Å². The lowest BCUT2D eigenvalue weighted by Crippen LogP contribution is -2.45. The molecular weight excluding hydrogens is 262 g/mol. The monoisotopic (exact) mass is 289 g/mol. The Morgan fingerprint density at radius 1 is 1.33 bits per heavy atom. The first kappa shape index (κ1) is 14.7. The molecule has 3 heteroatoms. The van der Waals surface area contributed by atoms with Crippen molar-refractivity contribution in [2.24, 2.45) is 5.92 Å². The van der Waals surface area contributed by atoms with Gasteiger partial charge >= 0.3 is 0 Å². The third kappa shape index (κ3) is 2.76. The fourth-order valence-electron chi connectivity index (χ4n) is 3.60. The minimum absolute atomic E-state index is 0.0186. The molecule has 3 nitrogen and oxygen atoms in total. The third-order valence-electron chi connectivity index (χ3n) is 5.02. The molecule has 0 amide bonds. The first-order chi connectivity index (χ1) is 10.2. The molecule has 21 heavy (non-hydrogen) atoms. The predicted molar refractivity (Wildman–Crippen MR) is 85.0 cm³/mol. The van der Waals surface area contributed by atoms with Crippen LogP contribution in [0.4, 0.5) is 0 Å². The molecular formula is C18H27NO2. The van der Waals surface area contributed by atoms with Gasteiger partial charge in [-0.25, -0.2) is 0 Å². The van der Waals surface area contributed by atoms with Gasteiger partial charge in [0.15, 0.2) is 0 Å². The second-order valence-electron chi connectivity index (χ2n) is 6.41. The quantitative estimate of drug-likeness (QED) is 0.856. The SMILES string of the molecule is CCCNC1CC(CC)(C2CC2)Oc2cc(OC)ccc21. The molecule has 1 aromatic carbocycles. The largest absolute Gasteiger partial charge is 0.497 e. The zero-order chi connectivity index (χ0) is 14.9. The predicted octanol–water partition coefficient (Wildman–Crippen LogP) is 4.08.